The van der Waals surface area contributed by atoms with Crippen molar-refractivity contribution in [2.24, 2.45) is 0 Å². The Morgan fingerprint density at radius 1 is 0.800 bits per heavy atom. The van der Waals surface area contributed by atoms with E-state index in [1.54, 1.807) is 0 Å². The maximum atomic E-state index is 13.2. The van der Waals surface area contributed by atoms with Crippen molar-refractivity contribution in [3.63, 3.8) is 0 Å². The summed E-state index contributed by atoms with van der Waals surface area (Å²) >= 11 is 0. The number of carbonyl (C=O) groups is 3. The van der Waals surface area contributed by atoms with E-state index in [1.807, 2.05) is 101 Å². The van der Waals surface area contributed by atoms with Crippen molar-refractivity contribution in [2.75, 3.05) is 25.0 Å². The molecular weight excluding hydrogens is 636 g/mol. The van der Waals surface area contributed by atoms with Crippen LogP contribution in [0.1, 0.15) is 73.3 Å². The second-order valence-corrected chi connectivity index (χ2v) is 14.9. The van der Waals surface area contributed by atoms with E-state index in [9.17, 15) is 14.4 Å². The fraction of sp³-hybridized carbons (Fsp3) is 0.447. The number of carbonyl (C=O) groups excluding carboxylic acids is 3. The van der Waals surface area contributed by atoms with Gasteiger partial charge in [0.25, 0.3) is 0 Å². The van der Waals surface area contributed by atoms with Crippen LogP contribution in [0.3, 0.4) is 0 Å². The number of nitrogens with one attached hydrogen (secondary N) is 1. The number of ether oxygens (including phenoxy) is 3. The third-order valence-corrected chi connectivity index (χ3v) is 8.78. The first-order valence-corrected chi connectivity index (χ1v) is 17.2. The lowest BCUT2D eigenvalue weighted by Gasteiger charge is -2.42. The molecule has 6 rings (SSSR count). The van der Waals surface area contributed by atoms with Crippen LogP contribution in [0.15, 0.2) is 67.1 Å². The molecule has 1 aliphatic carbocycles. The van der Waals surface area contributed by atoms with Gasteiger partial charge in [0.05, 0.1) is 5.39 Å². The standard InChI is InChI=1S/C38H46N6O6/c1-37(2,3)49-35(46)41-33-32-30(25-12-18-29(19-13-25)48-28-10-8-7-9-11-28)22-44(34(32)40-24-39-33)27-16-14-26(15-17-27)43-21-20-42(23-31(43)45)36(47)50-38(4,5)6/h7-13,18-19,22,24,26-27H,14-17,20-21,23H2,1-6H3,(H,39,40,41,46). The predicted octanol–water partition coefficient (Wildman–Crippen LogP) is 7.80. The zero-order valence-electron chi connectivity index (χ0n) is 29.6. The smallest absolute Gasteiger partial charge is 0.413 e. The summed E-state index contributed by atoms with van der Waals surface area (Å²) in [4.78, 5) is 51.3. The number of anilines is 1. The van der Waals surface area contributed by atoms with E-state index >= 15 is 0 Å². The Hall–Kier alpha value is -5.13. The zero-order valence-corrected chi connectivity index (χ0v) is 29.6. The Kier molecular flexibility index (Phi) is 9.73. The Balaban J connectivity index is 1.23. The molecule has 2 aromatic heterocycles. The van der Waals surface area contributed by atoms with E-state index in [2.05, 4.69) is 21.1 Å². The molecule has 3 heterocycles. The molecule has 0 unspecified atom stereocenters. The summed E-state index contributed by atoms with van der Waals surface area (Å²) in [5, 5.41) is 3.57. The highest BCUT2D eigenvalue weighted by molar-refractivity contribution is 6.05. The van der Waals surface area contributed by atoms with Gasteiger partial charge in [-0.15, -0.1) is 0 Å². The van der Waals surface area contributed by atoms with E-state index < -0.39 is 23.4 Å². The van der Waals surface area contributed by atoms with E-state index in [-0.39, 0.29) is 24.5 Å². The van der Waals surface area contributed by atoms with Crippen LogP contribution >= 0.6 is 0 Å². The van der Waals surface area contributed by atoms with Crippen molar-refractivity contribution in [1.82, 2.24) is 24.3 Å². The van der Waals surface area contributed by atoms with E-state index in [1.165, 1.54) is 11.2 Å². The molecule has 12 heteroatoms. The van der Waals surface area contributed by atoms with Crippen molar-refractivity contribution in [3.8, 4) is 22.6 Å². The van der Waals surface area contributed by atoms with Gasteiger partial charge in [0.15, 0.2) is 0 Å². The second kappa shape index (κ2) is 14.0. The molecule has 2 aromatic carbocycles. The van der Waals surface area contributed by atoms with Crippen molar-refractivity contribution < 1.29 is 28.6 Å². The monoisotopic (exact) mass is 682 g/mol. The van der Waals surface area contributed by atoms with Crippen molar-refractivity contribution >= 4 is 34.9 Å². The summed E-state index contributed by atoms with van der Waals surface area (Å²) in [5.41, 5.74) is 1.20. The number of aromatic nitrogens is 3. The number of para-hydroxylation sites is 1. The lowest BCUT2D eigenvalue weighted by molar-refractivity contribution is -0.139. The van der Waals surface area contributed by atoms with Crippen molar-refractivity contribution in [2.45, 2.75) is 90.5 Å². The van der Waals surface area contributed by atoms with Gasteiger partial charge in [0, 0.05) is 36.9 Å². The summed E-state index contributed by atoms with van der Waals surface area (Å²) in [6, 6.07) is 17.6. The maximum Gasteiger partial charge on any atom is 0.413 e. The first kappa shape index (κ1) is 34.7. The normalized spacial score (nSPS) is 18.6. The van der Waals surface area contributed by atoms with Crippen molar-refractivity contribution in [3.05, 3.63) is 67.1 Å². The van der Waals surface area contributed by atoms with Gasteiger partial charge in [-0.2, -0.15) is 0 Å². The van der Waals surface area contributed by atoms with Crippen LogP contribution in [0.25, 0.3) is 22.2 Å². The molecule has 2 aliphatic rings. The van der Waals surface area contributed by atoms with Gasteiger partial charge in [-0.3, -0.25) is 15.0 Å². The number of hydrogen-bond acceptors (Lipinski definition) is 8. The zero-order chi connectivity index (χ0) is 35.6. The molecule has 50 heavy (non-hydrogen) atoms. The molecule has 2 fully saturated rings. The molecule has 0 atom stereocenters. The molecule has 12 nitrogen and oxygen atoms in total. The summed E-state index contributed by atoms with van der Waals surface area (Å²) in [6.45, 7) is 11.9. The van der Waals surface area contributed by atoms with Crippen LogP contribution in [0.4, 0.5) is 15.4 Å². The van der Waals surface area contributed by atoms with Gasteiger partial charge in [-0.05, 0) is 97.1 Å². The Morgan fingerprint density at radius 3 is 2.08 bits per heavy atom. The lowest BCUT2D eigenvalue weighted by atomic mass is 9.89. The molecule has 0 radical (unpaired) electrons. The highest BCUT2D eigenvalue weighted by Crippen LogP contribution is 2.40. The third-order valence-electron chi connectivity index (χ3n) is 8.78. The summed E-state index contributed by atoms with van der Waals surface area (Å²) < 4.78 is 19.2. The molecular formula is C38H46N6O6. The topological polar surface area (TPSA) is 128 Å². The number of fused-ring (bicyclic) bond motifs is 1. The third kappa shape index (κ3) is 8.18. The molecule has 1 aliphatic heterocycles. The highest BCUT2D eigenvalue weighted by Gasteiger charge is 2.36. The van der Waals surface area contributed by atoms with Crippen LogP contribution in [0.2, 0.25) is 0 Å². The lowest BCUT2D eigenvalue weighted by Crippen LogP contribution is -2.56. The van der Waals surface area contributed by atoms with Gasteiger partial charge in [0.1, 0.15) is 47.0 Å². The second-order valence-electron chi connectivity index (χ2n) is 14.9. The van der Waals surface area contributed by atoms with E-state index in [0.717, 1.165) is 42.6 Å². The largest absolute Gasteiger partial charge is 0.457 e. The first-order chi connectivity index (χ1) is 23.7. The number of nitrogens with zero attached hydrogens (tertiary/aromatic N) is 5. The minimum atomic E-state index is -0.679. The number of hydrogen-bond donors (Lipinski definition) is 1. The Bertz CT molecular complexity index is 1840. The number of rotatable bonds is 6. The highest BCUT2D eigenvalue weighted by atomic mass is 16.6. The first-order valence-electron chi connectivity index (χ1n) is 17.2. The molecule has 1 saturated carbocycles. The molecule has 0 spiro atoms. The van der Waals surface area contributed by atoms with Crippen LogP contribution in [0.5, 0.6) is 11.5 Å². The molecule has 1 saturated heterocycles. The fourth-order valence-corrected chi connectivity index (χ4v) is 6.61. The van der Waals surface area contributed by atoms with Crippen molar-refractivity contribution in [1.29, 1.82) is 0 Å². The van der Waals surface area contributed by atoms with E-state index in [4.69, 9.17) is 19.2 Å². The number of piperazine rings is 1. The Morgan fingerprint density at radius 2 is 1.44 bits per heavy atom. The van der Waals surface area contributed by atoms with Crippen LogP contribution in [-0.4, -0.2) is 79.3 Å². The molecule has 264 valence electrons. The van der Waals surface area contributed by atoms with Gasteiger partial charge in [-0.1, -0.05) is 30.3 Å². The number of amides is 3. The summed E-state index contributed by atoms with van der Waals surface area (Å²) in [5.74, 6) is 1.76. The van der Waals surface area contributed by atoms with Gasteiger partial charge >= 0.3 is 12.2 Å². The molecule has 1 N–H and O–H groups in total. The van der Waals surface area contributed by atoms with E-state index in [0.29, 0.717) is 35.7 Å². The number of benzene rings is 2. The predicted molar refractivity (Wildman–Crippen MR) is 190 cm³/mol. The molecule has 0 bridgehead atoms. The average Bonchev–Trinajstić information content (AvgIpc) is 3.45. The molecule has 4 aromatic rings. The van der Waals surface area contributed by atoms with Crippen LogP contribution < -0.4 is 10.1 Å². The minimum Gasteiger partial charge on any atom is -0.457 e. The minimum absolute atomic E-state index is 0.0277. The van der Waals surface area contributed by atoms with Crippen LogP contribution in [0, 0.1) is 0 Å². The van der Waals surface area contributed by atoms with Gasteiger partial charge in [-0.25, -0.2) is 19.6 Å². The quantitative estimate of drug-likeness (QED) is 0.218. The SMILES string of the molecule is CC(C)(C)OC(=O)Nc1ncnc2c1c(-c1ccc(Oc3ccccc3)cc1)cn2C1CCC(N2CCN(C(=O)OC(C)(C)C)CC2=O)CC1. The summed E-state index contributed by atoms with van der Waals surface area (Å²) in [7, 11) is 0. The fourth-order valence-electron chi connectivity index (χ4n) is 6.61. The molecule has 3 amide bonds. The average molecular weight is 683 g/mol. The Labute approximate surface area is 292 Å². The van der Waals surface area contributed by atoms with Crippen LogP contribution in [-0.2, 0) is 14.3 Å². The maximum absolute atomic E-state index is 13.2. The summed E-state index contributed by atoms with van der Waals surface area (Å²) in [6.07, 6.45) is 5.79. The van der Waals surface area contributed by atoms with Gasteiger partial charge < -0.3 is 23.7 Å². The van der Waals surface area contributed by atoms with Gasteiger partial charge in [0.2, 0.25) is 5.91 Å².